The molecule has 0 aliphatic heterocycles. The van der Waals surface area contributed by atoms with Gasteiger partial charge in [-0.3, -0.25) is 0 Å². The zero-order valence-corrected chi connectivity index (χ0v) is 8.14. The highest BCUT2D eigenvalue weighted by atomic mass is 19.3. The maximum atomic E-state index is 12.4. The van der Waals surface area contributed by atoms with E-state index < -0.39 is 6.43 Å². The fraction of sp³-hybridized carbons (Fsp3) is 0.455. The van der Waals surface area contributed by atoms with Crippen molar-refractivity contribution in [3.8, 4) is 0 Å². The number of alkyl halides is 2. The SMILES string of the molecule is Cc1cc(C(C)C)cc(C(F)F)c1. The van der Waals surface area contributed by atoms with E-state index in [0.717, 1.165) is 11.1 Å². The van der Waals surface area contributed by atoms with Gasteiger partial charge in [-0.05, 0) is 24.5 Å². The first-order chi connectivity index (χ1) is 6.00. The molecule has 1 rings (SSSR count). The Kier molecular flexibility index (Phi) is 3.02. The molecule has 0 saturated heterocycles. The Hall–Kier alpha value is -0.920. The molecule has 0 atom stereocenters. The van der Waals surface area contributed by atoms with Crippen LogP contribution in [0.4, 0.5) is 8.78 Å². The fourth-order valence-electron chi connectivity index (χ4n) is 1.30. The van der Waals surface area contributed by atoms with Gasteiger partial charge in [0.2, 0.25) is 0 Å². The van der Waals surface area contributed by atoms with E-state index in [2.05, 4.69) is 0 Å². The van der Waals surface area contributed by atoms with Crippen molar-refractivity contribution < 1.29 is 8.78 Å². The van der Waals surface area contributed by atoms with Gasteiger partial charge < -0.3 is 0 Å². The summed E-state index contributed by atoms with van der Waals surface area (Å²) in [6.07, 6.45) is -2.36. The largest absolute Gasteiger partial charge is 0.263 e. The average Bonchev–Trinajstić information content (AvgIpc) is 2.03. The molecule has 0 unspecified atom stereocenters. The van der Waals surface area contributed by atoms with Crippen molar-refractivity contribution in [3.63, 3.8) is 0 Å². The van der Waals surface area contributed by atoms with E-state index in [9.17, 15) is 8.78 Å². The Morgan fingerprint density at radius 1 is 1.00 bits per heavy atom. The molecule has 72 valence electrons. The maximum Gasteiger partial charge on any atom is 0.263 e. The minimum absolute atomic E-state index is 0.128. The van der Waals surface area contributed by atoms with Gasteiger partial charge in [0.15, 0.2) is 0 Å². The van der Waals surface area contributed by atoms with Crippen molar-refractivity contribution in [1.29, 1.82) is 0 Å². The zero-order valence-electron chi connectivity index (χ0n) is 8.14. The second-order valence-corrected chi connectivity index (χ2v) is 3.63. The van der Waals surface area contributed by atoms with Gasteiger partial charge in [0, 0.05) is 5.56 Å². The first kappa shape index (κ1) is 10.2. The molecule has 0 radical (unpaired) electrons. The zero-order chi connectivity index (χ0) is 10.0. The summed E-state index contributed by atoms with van der Waals surface area (Å²) < 4.78 is 24.8. The van der Waals surface area contributed by atoms with Gasteiger partial charge in [0.25, 0.3) is 6.43 Å². The molecule has 1 aromatic rings. The topological polar surface area (TPSA) is 0 Å². The summed E-state index contributed by atoms with van der Waals surface area (Å²) in [5.41, 5.74) is 2.01. The second kappa shape index (κ2) is 3.86. The summed E-state index contributed by atoms with van der Waals surface area (Å²) in [7, 11) is 0. The van der Waals surface area contributed by atoms with Crippen LogP contribution in [-0.4, -0.2) is 0 Å². The van der Waals surface area contributed by atoms with Crippen LogP contribution in [0.25, 0.3) is 0 Å². The van der Waals surface area contributed by atoms with Crippen molar-refractivity contribution in [1.82, 2.24) is 0 Å². The standard InChI is InChI=1S/C11H14F2/c1-7(2)9-4-8(3)5-10(6-9)11(12)13/h4-7,11H,1-3H3. The van der Waals surface area contributed by atoms with Gasteiger partial charge in [0.1, 0.15) is 0 Å². The molecule has 0 N–H and O–H groups in total. The normalized spacial score (nSPS) is 11.3. The molecule has 2 heteroatoms. The summed E-state index contributed by atoms with van der Waals surface area (Å²) >= 11 is 0. The van der Waals surface area contributed by atoms with Crippen LogP contribution < -0.4 is 0 Å². The van der Waals surface area contributed by atoms with Crippen LogP contribution in [0, 0.1) is 6.92 Å². The molecule has 0 aliphatic carbocycles. The van der Waals surface area contributed by atoms with Crippen LogP contribution in [0.2, 0.25) is 0 Å². The van der Waals surface area contributed by atoms with Crippen LogP contribution in [-0.2, 0) is 0 Å². The molecule has 0 aromatic heterocycles. The van der Waals surface area contributed by atoms with E-state index in [1.165, 1.54) is 6.07 Å². The Bertz CT molecular complexity index is 264. The number of halogens is 2. The lowest BCUT2D eigenvalue weighted by atomic mass is 9.98. The van der Waals surface area contributed by atoms with Gasteiger partial charge >= 0.3 is 0 Å². The molecule has 0 heterocycles. The Morgan fingerprint density at radius 2 is 1.54 bits per heavy atom. The van der Waals surface area contributed by atoms with Gasteiger partial charge in [0.05, 0.1) is 0 Å². The maximum absolute atomic E-state index is 12.4. The summed E-state index contributed by atoms with van der Waals surface area (Å²) in [6, 6.07) is 5.08. The van der Waals surface area contributed by atoms with Crippen LogP contribution >= 0.6 is 0 Å². The van der Waals surface area contributed by atoms with Crippen molar-refractivity contribution in [3.05, 3.63) is 34.9 Å². The first-order valence-electron chi connectivity index (χ1n) is 4.40. The third-order valence-corrected chi connectivity index (χ3v) is 2.04. The smallest absolute Gasteiger partial charge is 0.205 e. The fourth-order valence-corrected chi connectivity index (χ4v) is 1.30. The monoisotopic (exact) mass is 184 g/mol. The molecule has 0 amide bonds. The number of benzene rings is 1. The van der Waals surface area contributed by atoms with Gasteiger partial charge in [-0.15, -0.1) is 0 Å². The van der Waals surface area contributed by atoms with Crippen LogP contribution in [0.3, 0.4) is 0 Å². The number of rotatable bonds is 2. The number of aryl methyl sites for hydroxylation is 1. The van der Waals surface area contributed by atoms with E-state index in [1.807, 2.05) is 26.8 Å². The van der Waals surface area contributed by atoms with Crippen LogP contribution in [0.1, 0.15) is 42.9 Å². The predicted octanol–water partition coefficient (Wildman–Crippen LogP) is 4.06. The molecule has 0 nitrogen and oxygen atoms in total. The molecule has 0 bridgehead atoms. The summed E-state index contributed by atoms with van der Waals surface area (Å²) in [5.74, 6) is 0.303. The van der Waals surface area contributed by atoms with Gasteiger partial charge in [-0.1, -0.05) is 31.5 Å². The highest BCUT2D eigenvalue weighted by Gasteiger charge is 2.09. The Labute approximate surface area is 77.6 Å². The highest BCUT2D eigenvalue weighted by Crippen LogP contribution is 2.24. The lowest BCUT2D eigenvalue weighted by Crippen LogP contribution is -1.93. The second-order valence-electron chi connectivity index (χ2n) is 3.63. The van der Waals surface area contributed by atoms with Crippen molar-refractivity contribution >= 4 is 0 Å². The first-order valence-corrected chi connectivity index (χ1v) is 4.40. The molecule has 1 aromatic carbocycles. The molecule has 0 saturated carbocycles. The van der Waals surface area contributed by atoms with Crippen molar-refractivity contribution in [2.24, 2.45) is 0 Å². The third-order valence-electron chi connectivity index (χ3n) is 2.04. The van der Waals surface area contributed by atoms with E-state index in [0.29, 0.717) is 5.92 Å². The van der Waals surface area contributed by atoms with Gasteiger partial charge in [-0.25, -0.2) is 8.78 Å². The summed E-state index contributed by atoms with van der Waals surface area (Å²) in [5, 5.41) is 0. The van der Waals surface area contributed by atoms with Crippen molar-refractivity contribution in [2.45, 2.75) is 33.1 Å². The quantitative estimate of drug-likeness (QED) is 0.650. The van der Waals surface area contributed by atoms with Crippen LogP contribution in [0.5, 0.6) is 0 Å². The molecular weight excluding hydrogens is 170 g/mol. The predicted molar refractivity (Wildman–Crippen MR) is 50.2 cm³/mol. The molecule has 13 heavy (non-hydrogen) atoms. The van der Waals surface area contributed by atoms with E-state index in [1.54, 1.807) is 6.07 Å². The lowest BCUT2D eigenvalue weighted by Gasteiger charge is -2.09. The Balaban J connectivity index is 3.11. The number of hydrogen-bond acceptors (Lipinski definition) is 0. The minimum Gasteiger partial charge on any atom is -0.205 e. The van der Waals surface area contributed by atoms with Gasteiger partial charge in [-0.2, -0.15) is 0 Å². The lowest BCUT2D eigenvalue weighted by molar-refractivity contribution is 0.151. The molecular formula is C11H14F2. The van der Waals surface area contributed by atoms with Crippen LogP contribution in [0.15, 0.2) is 18.2 Å². The minimum atomic E-state index is -2.36. The Morgan fingerprint density at radius 3 is 2.00 bits per heavy atom. The number of hydrogen-bond donors (Lipinski definition) is 0. The van der Waals surface area contributed by atoms with E-state index in [-0.39, 0.29) is 5.56 Å². The molecule has 0 fully saturated rings. The summed E-state index contributed by atoms with van der Waals surface area (Å²) in [6.45, 7) is 5.85. The third kappa shape index (κ3) is 2.51. The highest BCUT2D eigenvalue weighted by molar-refractivity contribution is 5.31. The van der Waals surface area contributed by atoms with E-state index >= 15 is 0 Å². The average molecular weight is 184 g/mol. The molecule has 0 aliphatic rings. The van der Waals surface area contributed by atoms with Crippen molar-refractivity contribution in [2.75, 3.05) is 0 Å². The summed E-state index contributed by atoms with van der Waals surface area (Å²) in [4.78, 5) is 0. The van der Waals surface area contributed by atoms with E-state index in [4.69, 9.17) is 0 Å². The molecule has 0 spiro atoms.